The van der Waals surface area contributed by atoms with Crippen LogP contribution >= 0.6 is 0 Å². The maximum atomic E-state index is 9.21. The Morgan fingerprint density at radius 2 is 1.88 bits per heavy atom. The third kappa shape index (κ3) is 4.63. The van der Waals surface area contributed by atoms with E-state index in [9.17, 15) is 5.11 Å². The van der Waals surface area contributed by atoms with Gasteiger partial charge in [0.15, 0.2) is 11.5 Å². The zero-order valence-electron chi connectivity index (χ0n) is 10.6. The van der Waals surface area contributed by atoms with Crippen LogP contribution in [0.2, 0.25) is 0 Å². The molecule has 4 heteroatoms. The van der Waals surface area contributed by atoms with Crippen molar-refractivity contribution in [1.82, 2.24) is 5.32 Å². The molecule has 0 radical (unpaired) electrons. The van der Waals surface area contributed by atoms with Gasteiger partial charge < -0.3 is 19.9 Å². The van der Waals surface area contributed by atoms with E-state index in [2.05, 4.69) is 5.32 Å². The van der Waals surface area contributed by atoms with E-state index >= 15 is 0 Å². The third-order valence-corrected chi connectivity index (χ3v) is 2.30. The molecule has 1 aromatic carbocycles. The normalized spacial score (nSPS) is 12.5. The van der Waals surface area contributed by atoms with Gasteiger partial charge in [0.1, 0.15) is 6.61 Å². The zero-order valence-corrected chi connectivity index (χ0v) is 10.6. The lowest BCUT2D eigenvalue weighted by Gasteiger charge is -2.20. The van der Waals surface area contributed by atoms with Gasteiger partial charge in [0, 0.05) is 6.04 Å². The number of hydrogen-bond donors (Lipinski definition) is 2. The highest BCUT2D eigenvalue weighted by Gasteiger charge is 2.10. The lowest BCUT2D eigenvalue weighted by atomic mass is 10.2. The molecule has 0 amide bonds. The van der Waals surface area contributed by atoms with Crippen molar-refractivity contribution in [2.45, 2.75) is 25.9 Å². The number of aliphatic hydroxyl groups excluding tert-OH is 1. The van der Waals surface area contributed by atoms with Crippen LogP contribution in [0.15, 0.2) is 24.3 Å². The summed E-state index contributed by atoms with van der Waals surface area (Å²) in [6, 6.07) is 7.72. The van der Waals surface area contributed by atoms with Crippen molar-refractivity contribution in [2.24, 2.45) is 0 Å². The summed E-state index contributed by atoms with van der Waals surface area (Å²) in [5.41, 5.74) is 0. The van der Waals surface area contributed by atoms with Crippen LogP contribution in [0.3, 0.4) is 0 Å². The molecule has 2 N–H and O–H groups in total. The summed E-state index contributed by atoms with van der Waals surface area (Å²) in [4.78, 5) is 0. The first kappa shape index (κ1) is 13.8. The number of ether oxygens (including phenoxy) is 2. The molecule has 96 valence electrons. The highest BCUT2D eigenvalue weighted by molar-refractivity contribution is 5.39. The van der Waals surface area contributed by atoms with Gasteiger partial charge in [-0.2, -0.15) is 0 Å². The Bertz CT molecular complexity index is 328. The topological polar surface area (TPSA) is 50.7 Å². The van der Waals surface area contributed by atoms with Crippen molar-refractivity contribution >= 4 is 0 Å². The largest absolute Gasteiger partial charge is 0.493 e. The molecule has 0 aromatic heterocycles. The summed E-state index contributed by atoms with van der Waals surface area (Å²) < 4.78 is 10.8. The minimum atomic E-state index is -0.0695. The second-order valence-electron chi connectivity index (χ2n) is 4.16. The Hall–Kier alpha value is -1.26. The van der Waals surface area contributed by atoms with Gasteiger partial charge in [-0.05, 0) is 12.1 Å². The van der Waals surface area contributed by atoms with Crippen LogP contribution in [0.5, 0.6) is 11.5 Å². The van der Waals surface area contributed by atoms with Crippen molar-refractivity contribution in [3.05, 3.63) is 24.3 Å². The first-order valence-corrected chi connectivity index (χ1v) is 5.80. The molecular formula is C13H21NO3. The van der Waals surface area contributed by atoms with Crippen LogP contribution in [0, 0.1) is 0 Å². The predicted octanol–water partition coefficient (Wildman–Crippen LogP) is 1.43. The van der Waals surface area contributed by atoms with E-state index in [1.54, 1.807) is 7.11 Å². The van der Waals surface area contributed by atoms with E-state index in [0.29, 0.717) is 24.1 Å². The van der Waals surface area contributed by atoms with Gasteiger partial charge in [-0.25, -0.2) is 0 Å². The molecule has 4 nitrogen and oxygen atoms in total. The van der Waals surface area contributed by atoms with Crippen LogP contribution in [0.1, 0.15) is 13.8 Å². The van der Waals surface area contributed by atoms with E-state index in [4.69, 9.17) is 9.47 Å². The smallest absolute Gasteiger partial charge is 0.161 e. The lowest BCUT2D eigenvalue weighted by molar-refractivity contribution is 0.174. The number of benzene rings is 1. The number of methoxy groups -OCH3 is 1. The fourth-order valence-electron chi connectivity index (χ4n) is 1.55. The maximum Gasteiger partial charge on any atom is 0.161 e. The Morgan fingerprint density at radius 3 is 2.41 bits per heavy atom. The molecule has 0 spiro atoms. The summed E-state index contributed by atoms with van der Waals surface area (Å²) in [5, 5.41) is 12.4. The summed E-state index contributed by atoms with van der Waals surface area (Å²) >= 11 is 0. The fourth-order valence-corrected chi connectivity index (χ4v) is 1.55. The molecule has 0 aliphatic heterocycles. The minimum Gasteiger partial charge on any atom is -0.493 e. The zero-order chi connectivity index (χ0) is 12.7. The highest BCUT2D eigenvalue weighted by atomic mass is 16.5. The molecule has 1 rings (SSSR count). The monoisotopic (exact) mass is 239 g/mol. The van der Waals surface area contributed by atoms with Crippen molar-refractivity contribution in [2.75, 3.05) is 20.3 Å². The van der Waals surface area contributed by atoms with Crippen molar-refractivity contribution in [1.29, 1.82) is 0 Å². The Labute approximate surface area is 103 Å². The number of nitrogens with one attached hydrogen (secondary N) is 1. The molecule has 1 unspecified atom stereocenters. The molecular weight excluding hydrogens is 218 g/mol. The molecule has 0 aliphatic carbocycles. The van der Waals surface area contributed by atoms with E-state index < -0.39 is 0 Å². The van der Waals surface area contributed by atoms with Crippen molar-refractivity contribution < 1.29 is 14.6 Å². The molecule has 0 saturated carbocycles. The molecule has 0 saturated heterocycles. The van der Waals surface area contributed by atoms with E-state index in [1.165, 1.54) is 0 Å². The lowest BCUT2D eigenvalue weighted by Crippen LogP contribution is -2.41. The van der Waals surface area contributed by atoms with Crippen LogP contribution in [-0.4, -0.2) is 37.5 Å². The van der Waals surface area contributed by atoms with E-state index in [-0.39, 0.29) is 12.6 Å². The highest BCUT2D eigenvalue weighted by Crippen LogP contribution is 2.25. The Balaban J connectivity index is 2.53. The van der Waals surface area contributed by atoms with Gasteiger partial charge in [0.05, 0.1) is 19.8 Å². The average Bonchev–Trinajstić information content (AvgIpc) is 2.34. The first-order chi connectivity index (χ1) is 8.17. The van der Waals surface area contributed by atoms with Crippen LogP contribution in [0.4, 0.5) is 0 Å². The van der Waals surface area contributed by atoms with Gasteiger partial charge in [-0.3, -0.25) is 0 Å². The fraction of sp³-hybridized carbons (Fsp3) is 0.538. The Morgan fingerprint density at radius 1 is 1.24 bits per heavy atom. The van der Waals surface area contributed by atoms with Crippen LogP contribution < -0.4 is 14.8 Å². The molecule has 0 aliphatic rings. The quantitative estimate of drug-likeness (QED) is 0.756. The minimum absolute atomic E-state index is 0.0489. The average molecular weight is 239 g/mol. The standard InChI is InChI=1S/C13H21NO3/c1-10(2)14-11(8-15)9-17-13-7-5-4-6-12(13)16-3/h4-7,10-11,14-15H,8-9H2,1-3H3. The molecule has 0 heterocycles. The first-order valence-electron chi connectivity index (χ1n) is 5.80. The van der Waals surface area contributed by atoms with E-state index in [0.717, 1.165) is 0 Å². The van der Waals surface area contributed by atoms with E-state index in [1.807, 2.05) is 38.1 Å². The Kier molecular flexibility index (Phi) is 5.80. The molecule has 0 fully saturated rings. The van der Waals surface area contributed by atoms with Crippen molar-refractivity contribution in [3.8, 4) is 11.5 Å². The number of rotatable bonds is 7. The second kappa shape index (κ2) is 7.14. The summed E-state index contributed by atoms with van der Waals surface area (Å²) in [7, 11) is 1.61. The second-order valence-corrected chi connectivity index (χ2v) is 4.16. The van der Waals surface area contributed by atoms with Gasteiger partial charge >= 0.3 is 0 Å². The molecule has 1 aromatic rings. The summed E-state index contributed by atoms with van der Waals surface area (Å²) in [5.74, 6) is 1.40. The molecule has 1 atom stereocenters. The number of aliphatic hydroxyl groups is 1. The summed E-state index contributed by atoms with van der Waals surface area (Å²) in [6.45, 7) is 4.53. The van der Waals surface area contributed by atoms with Gasteiger partial charge in [0.25, 0.3) is 0 Å². The van der Waals surface area contributed by atoms with Crippen LogP contribution in [0.25, 0.3) is 0 Å². The third-order valence-electron chi connectivity index (χ3n) is 2.30. The van der Waals surface area contributed by atoms with Gasteiger partial charge in [0.2, 0.25) is 0 Å². The van der Waals surface area contributed by atoms with Crippen molar-refractivity contribution in [3.63, 3.8) is 0 Å². The van der Waals surface area contributed by atoms with Gasteiger partial charge in [-0.15, -0.1) is 0 Å². The summed E-state index contributed by atoms with van der Waals surface area (Å²) in [6.07, 6.45) is 0. The van der Waals surface area contributed by atoms with Gasteiger partial charge in [-0.1, -0.05) is 26.0 Å². The molecule has 17 heavy (non-hydrogen) atoms. The predicted molar refractivity (Wildman–Crippen MR) is 67.6 cm³/mol. The van der Waals surface area contributed by atoms with Crippen LogP contribution in [-0.2, 0) is 0 Å². The molecule has 0 bridgehead atoms. The maximum absolute atomic E-state index is 9.21. The number of para-hydroxylation sites is 2. The SMILES string of the molecule is COc1ccccc1OCC(CO)NC(C)C. The number of hydrogen-bond acceptors (Lipinski definition) is 4.